The molecule has 0 radical (unpaired) electrons. The number of urea groups is 1. The number of halogens is 1. The Labute approximate surface area is 165 Å². The molecule has 3 rings (SSSR count). The summed E-state index contributed by atoms with van der Waals surface area (Å²) in [5, 5.41) is 12.7. The minimum Gasteiger partial charge on any atom is -0.508 e. The van der Waals surface area contributed by atoms with Crippen molar-refractivity contribution in [3.8, 4) is 5.75 Å². The minimum absolute atomic E-state index is 0.0359. The molecule has 7 heteroatoms. The molecule has 0 saturated carbocycles. The van der Waals surface area contributed by atoms with Gasteiger partial charge in [0.2, 0.25) is 0 Å². The molecule has 1 aliphatic rings. The van der Waals surface area contributed by atoms with E-state index in [4.69, 9.17) is 4.74 Å². The number of rotatable bonds is 4. The number of phenols is 1. The van der Waals surface area contributed by atoms with Crippen LogP contribution in [0.2, 0.25) is 0 Å². The number of nitrogens with one attached hydrogen (secondary N) is 1. The predicted molar refractivity (Wildman–Crippen MR) is 105 cm³/mol. The number of benzene rings is 2. The Morgan fingerprint density at radius 2 is 1.96 bits per heavy atom. The van der Waals surface area contributed by atoms with Gasteiger partial charge in [-0.05, 0) is 49.7 Å². The topological polar surface area (TPSA) is 78.9 Å². The van der Waals surface area contributed by atoms with Crippen LogP contribution in [0.5, 0.6) is 5.75 Å². The molecule has 1 heterocycles. The second-order valence-corrected chi connectivity index (χ2v) is 6.83. The Bertz CT molecular complexity index is 911. The third-order valence-electron chi connectivity index (χ3n) is 4.29. The van der Waals surface area contributed by atoms with E-state index in [1.807, 2.05) is 18.2 Å². The second kappa shape index (κ2) is 7.84. The standard InChI is InChI=1S/C20H19BrN2O4/c1-3-27-19(25)17-12(2)23(13-7-5-4-6-8-13)20(26)22-18(17)15-11-14(24)9-10-16(15)21/h4-11,18,24H,3H2,1-2H3,(H,22,26). The number of amides is 2. The molecule has 140 valence electrons. The lowest BCUT2D eigenvalue weighted by Gasteiger charge is -2.35. The van der Waals surface area contributed by atoms with Crippen LogP contribution in [-0.4, -0.2) is 23.7 Å². The summed E-state index contributed by atoms with van der Waals surface area (Å²) in [7, 11) is 0. The number of para-hydroxylation sites is 1. The molecule has 6 nitrogen and oxygen atoms in total. The molecule has 1 aliphatic heterocycles. The van der Waals surface area contributed by atoms with E-state index in [0.29, 0.717) is 27.0 Å². The normalized spacial score (nSPS) is 16.9. The summed E-state index contributed by atoms with van der Waals surface area (Å²) in [5.41, 5.74) is 2.00. The first kappa shape index (κ1) is 19.0. The summed E-state index contributed by atoms with van der Waals surface area (Å²) in [6, 6.07) is 12.6. The van der Waals surface area contributed by atoms with Crippen LogP contribution in [0.3, 0.4) is 0 Å². The van der Waals surface area contributed by atoms with Gasteiger partial charge in [0.25, 0.3) is 0 Å². The van der Waals surface area contributed by atoms with Crippen LogP contribution in [0.1, 0.15) is 25.5 Å². The average Bonchev–Trinajstić information content (AvgIpc) is 2.64. The number of phenolic OH excluding ortho intramolecular Hbond substituents is 1. The zero-order chi connectivity index (χ0) is 19.6. The molecule has 1 atom stereocenters. The van der Waals surface area contributed by atoms with Gasteiger partial charge in [-0.3, -0.25) is 4.90 Å². The predicted octanol–water partition coefficient (Wildman–Crippen LogP) is 4.26. The van der Waals surface area contributed by atoms with Crippen LogP contribution in [0.15, 0.2) is 64.3 Å². The van der Waals surface area contributed by atoms with E-state index in [0.717, 1.165) is 0 Å². The molecule has 0 aromatic heterocycles. The van der Waals surface area contributed by atoms with Crippen LogP contribution in [0, 0.1) is 0 Å². The van der Waals surface area contributed by atoms with E-state index in [9.17, 15) is 14.7 Å². The van der Waals surface area contributed by atoms with E-state index in [-0.39, 0.29) is 18.4 Å². The Morgan fingerprint density at radius 3 is 2.63 bits per heavy atom. The number of hydrogen-bond acceptors (Lipinski definition) is 4. The highest BCUT2D eigenvalue weighted by atomic mass is 79.9. The number of allylic oxidation sites excluding steroid dienone is 1. The van der Waals surface area contributed by atoms with Gasteiger partial charge < -0.3 is 15.2 Å². The summed E-state index contributed by atoms with van der Waals surface area (Å²) in [6.07, 6.45) is 0. The van der Waals surface area contributed by atoms with Gasteiger partial charge in [0.1, 0.15) is 5.75 Å². The number of hydrogen-bond donors (Lipinski definition) is 2. The number of aromatic hydroxyl groups is 1. The molecular formula is C20H19BrN2O4. The fraction of sp³-hybridized carbons (Fsp3) is 0.200. The molecule has 2 aromatic rings. The molecule has 2 amide bonds. The van der Waals surface area contributed by atoms with Crippen molar-refractivity contribution >= 4 is 33.6 Å². The number of ether oxygens (including phenoxy) is 1. The van der Waals surface area contributed by atoms with E-state index >= 15 is 0 Å². The highest BCUT2D eigenvalue weighted by Gasteiger charge is 2.38. The minimum atomic E-state index is -0.752. The number of carbonyl (C=O) groups is 2. The zero-order valence-corrected chi connectivity index (χ0v) is 16.5. The van der Waals surface area contributed by atoms with Gasteiger partial charge in [0.15, 0.2) is 0 Å². The first-order valence-corrected chi connectivity index (χ1v) is 9.25. The molecular weight excluding hydrogens is 412 g/mol. The van der Waals surface area contributed by atoms with Crippen molar-refractivity contribution < 1.29 is 19.4 Å². The summed E-state index contributed by atoms with van der Waals surface area (Å²) in [5.74, 6) is -0.482. The smallest absolute Gasteiger partial charge is 0.338 e. The molecule has 27 heavy (non-hydrogen) atoms. The average molecular weight is 431 g/mol. The highest BCUT2D eigenvalue weighted by molar-refractivity contribution is 9.10. The Balaban J connectivity index is 2.17. The summed E-state index contributed by atoms with van der Waals surface area (Å²) in [4.78, 5) is 27.0. The molecule has 0 spiro atoms. The number of esters is 1. The lowest BCUT2D eigenvalue weighted by atomic mass is 9.94. The van der Waals surface area contributed by atoms with Gasteiger partial charge in [-0.25, -0.2) is 9.59 Å². The molecule has 0 bridgehead atoms. The van der Waals surface area contributed by atoms with Gasteiger partial charge in [-0.1, -0.05) is 34.1 Å². The summed E-state index contributed by atoms with van der Waals surface area (Å²) >= 11 is 3.43. The zero-order valence-electron chi connectivity index (χ0n) is 14.9. The Hall–Kier alpha value is -2.80. The number of carbonyl (C=O) groups excluding carboxylic acids is 2. The van der Waals surface area contributed by atoms with Crippen LogP contribution in [0.4, 0.5) is 10.5 Å². The van der Waals surface area contributed by atoms with E-state index in [1.54, 1.807) is 32.0 Å². The second-order valence-electron chi connectivity index (χ2n) is 5.98. The van der Waals surface area contributed by atoms with Gasteiger partial charge in [-0.15, -0.1) is 0 Å². The monoisotopic (exact) mass is 430 g/mol. The van der Waals surface area contributed by atoms with Crippen molar-refractivity contribution in [3.63, 3.8) is 0 Å². The molecule has 2 N–H and O–H groups in total. The van der Waals surface area contributed by atoms with Crippen molar-refractivity contribution in [1.29, 1.82) is 0 Å². The van der Waals surface area contributed by atoms with Crippen LogP contribution in [0.25, 0.3) is 0 Å². The number of nitrogens with zero attached hydrogens (tertiary/aromatic N) is 1. The van der Waals surface area contributed by atoms with Gasteiger partial charge in [0.05, 0.1) is 23.9 Å². The van der Waals surface area contributed by atoms with Crippen molar-refractivity contribution in [2.24, 2.45) is 0 Å². The Kier molecular flexibility index (Phi) is 5.51. The lowest BCUT2D eigenvalue weighted by Crippen LogP contribution is -2.48. The lowest BCUT2D eigenvalue weighted by molar-refractivity contribution is -0.139. The third-order valence-corrected chi connectivity index (χ3v) is 5.01. The summed E-state index contributed by atoms with van der Waals surface area (Å²) in [6.45, 7) is 3.65. The molecule has 1 unspecified atom stereocenters. The maximum atomic E-state index is 12.9. The molecule has 0 aliphatic carbocycles. The van der Waals surface area contributed by atoms with Crippen molar-refractivity contribution in [2.45, 2.75) is 19.9 Å². The maximum Gasteiger partial charge on any atom is 0.338 e. The van der Waals surface area contributed by atoms with Gasteiger partial charge >= 0.3 is 12.0 Å². The summed E-state index contributed by atoms with van der Waals surface area (Å²) < 4.78 is 5.90. The largest absolute Gasteiger partial charge is 0.508 e. The van der Waals surface area contributed by atoms with Gasteiger partial charge in [-0.2, -0.15) is 0 Å². The quantitative estimate of drug-likeness (QED) is 0.710. The van der Waals surface area contributed by atoms with Crippen molar-refractivity contribution in [2.75, 3.05) is 11.5 Å². The molecule has 0 fully saturated rings. The Morgan fingerprint density at radius 1 is 1.26 bits per heavy atom. The highest BCUT2D eigenvalue weighted by Crippen LogP contribution is 2.37. The first-order chi connectivity index (χ1) is 12.9. The van der Waals surface area contributed by atoms with Crippen LogP contribution in [-0.2, 0) is 9.53 Å². The van der Waals surface area contributed by atoms with Crippen LogP contribution < -0.4 is 10.2 Å². The van der Waals surface area contributed by atoms with E-state index in [1.165, 1.54) is 17.0 Å². The fourth-order valence-corrected chi connectivity index (χ4v) is 3.57. The van der Waals surface area contributed by atoms with E-state index in [2.05, 4.69) is 21.2 Å². The maximum absolute atomic E-state index is 12.9. The van der Waals surface area contributed by atoms with Gasteiger partial charge in [0, 0.05) is 10.2 Å². The fourth-order valence-electron chi connectivity index (χ4n) is 3.09. The molecule has 0 saturated heterocycles. The van der Waals surface area contributed by atoms with Crippen LogP contribution >= 0.6 is 15.9 Å². The van der Waals surface area contributed by atoms with Crippen molar-refractivity contribution in [1.82, 2.24) is 5.32 Å². The first-order valence-electron chi connectivity index (χ1n) is 8.46. The van der Waals surface area contributed by atoms with E-state index < -0.39 is 12.0 Å². The van der Waals surface area contributed by atoms with Crippen molar-refractivity contribution in [3.05, 3.63) is 69.8 Å². The SMILES string of the molecule is CCOC(=O)C1=C(C)N(c2ccccc2)C(=O)NC1c1cc(O)ccc1Br. The third kappa shape index (κ3) is 3.68. The number of anilines is 1. The molecule has 2 aromatic carbocycles.